The van der Waals surface area contributed by atoms with Crippen LogP contribution in [-0.2, 0) is 14.8 Å². The van der Waals surface area contributed by atoms with Gasteiger partial charge in [-0.15, -0.1) is 0 Å². The summed E-state index contributed by atoms with van der Waals surface area (Å²) in [5.74, 6) is -0.910. The molecule has 0 saturated heterocycles. The zero-order valence-corrected chi connectivity index (χ0v) is 10.9. The second-order valence-corrected chi connectivity index (χ2v) is 1.60. The quantitative estimate of drug-likeness (QED) is 0.490. The Bertz CT molecular complexity index is 213. The molecule has 0 spiro atoms. The first-order chi connectivity index (χ1) is 5.30. The Kier molecular flexibility index (Phi) is 6.76. The molecule has 0 saturated carbocycles. The fourth-order valence-electron chi connectivity index (χ4n) is 0.526. The van der Waals surface area contributed by atoms with E-state index in [0.29, 0.717) is 0 Å². The van der Waals surface area contributed by atoms with Crippen LogP contribution in [0.5, 0.6) is 0 Å². The predicted octanol–water partition coefficient (Wildman–Crippen LogP) is 2.07. The summed E-state index contributed by atoms with van der Waals surface area (Å²) in [5.41, 5.74) is 0.275. The summed E-state index contributed by atoms with van der Waals surface area (Å²) in [5, 5.41) is 8.36. The van der Waals surface area contributed by atoms with Gasteiger partial charge in [-0.05, 0) is 0 Å². The van der Waals surface area contributed by atoms with E-state index >= 15 is 0 Å². The van der Waals surface area contributed by atoms with Gasteiger partial charge in [-0.2, -0.15) is 30.3 Å². The monoisotopic (exact) mass is 312 g/mol. The normalized spacial score (nSPS) is 7.91. The molecule has 0 bridgehead atoms. The van der Waals surface area contributed by atoms with E-state index < -0.39 is 5.97 Å². The fraction of sp³-hybridized carbons (Fsp3) is 0. The Morgan fingerprint density at radius 3 is 2.55 bits per heavy atom. The zero-order chi connectivity index (χ0) is 8.69. The van der Waals surface area contributed by atoms with Crippen molar-refractivity contribution in [2.45, 2.75) is 0 Å². The first-order valence-corrected chi connectivity index (χ1v) is 11.8. The number of rotatable bonds is 1. The molecule has 1 N–H and O–H groups in total. The molecule has 0 aliphatic carbocycles. The van der Waals surface area contributed by atoms with E-state index in [1.165, 1.54) is 26.9 Å². The van der Waals surface area contributed by atoms with Gasteiger partial charge in [0.05, 0.1) is 0 Å². The third kappa shape index (κ3) is 4.48. The Morgan fingerprint density at radius 1 is 1.64 bits per heavy atom. The third-order valence-corrected chi connectivity index (χ3v) is 0.954. The molecular weight excluding hydrogens is 308 g/mol. The van der Waals surface area contributed by atoms with Crippen LogP contribution in [0.15, 0.2) is 24.3 Å². The molecule has 0 aromatic heterocycles. The van der Waals surface area contributed by atoms with Crippen LogP contribution in [0.1, 0.15) is 10.4 Å². The summed E-state index contributed by atoms with van der Waals surface area (Å²) >= 11 is 3.62. The number of benzene rings is 1. The van der Waals surface area contributed by atoms with Gasteiger partial charge >= 0.3 is 34.5 Å². The van der Waals surface area contributed by atoms with E-state index in [1.54, 1.807) is 12.1 Å². The van der Waals surface area contributed by atoms with Crippen molar-refractivity contribution in [3.8, 4) is 0 Å². The van der Waals surface area contributed by atoms with Gasteiger partial charge in [0.25, 0.3) is 5.97 Å². The summed E-state index contributed by atoms with van der Waals surface area (Å²) < 4.78 is 0. The molecular formula is C7H5IO2Zn. The van der Waals surface area contributed by atoms with Gasteiger partial charge in [-0.25, -0.2) is 0 Å². The van der Waals surface area contributed by atoms with Gasteiger partial charge in [0.15, 0.2) is 0 Å². The summed E-state index contributed by atoms with van der Waals surface area (Å²) in [4.78, 5) is 10.2. The van der Waals surface area contributed by atoms with Gasteiger partial charge < -0.3 is 5.11 Å². The molecule has 1 aromatic rings. The van der Waals surface area contributed by atoms with Crippen LogP contribution in [0, 0.1) is 6.07 Å². The topological polar surface area (TPSA) is 37.3 Å². The second-order valence-electron chi connectivity index (χ2n) is 1.60. The molecule has 0 aliphatic heterocycles. The summed E-state index contributed by atoms with van der Waals surface area (Å²) in [7, 11) is 0. The van der Waals surface area contributed by atoms with E-state index in [4.69, 9.17) is 5.11 Å². The molecule has 0 fully saturated rings. The van der Waals surface area contributed by atoms with Gasteiger partial charge in [0.1, 0.15) is 0 Å². The van der Waals surface area contributed by atoms with Gasteiger partial charge in [-0.1, -0.05) is 5.56 Å². The Hall–Kier alpha value is 0.0434. The van der Waals surface area contributed by atoms with E-state index in [2.05, 4.69) is 25.8 Å². The summed E-state index contributed by atoms with van der Waals surface area (Å²) in [6.45, 7) is 0. The maximum absolute atomic E-state index is 10.2. The van der Waals surface area contributed by atoms with Gasteiger partial charge in [0, 0.05) is 0 Å². The SMILES string of the molecule is O=C(O)c1c[c-]ccc1.[Zn+][I]. The van der Waals surface area contributed by atoms with Crippen LogP contribution in [0.25, 0.3) is 0 Å². The van der Waals surface area contributed by atoms with Gasteiger partial charge in [-0.3, -0.25) is 4.79 Å². The zero-order valence-electron chi connectivity index (χ0n) is 5.75. The van der Waals surface area contributed by atoms with Crippen LogP contribution in [0.3, 0.4) is 0 Å². The van der Waals surface area contributed by atoms with Crippen molar-refractivity contribution in [1.82, 2.24) is 0 Å². The van der Waals surface area contributed by atoms with Crippen LogP contribution < -0.4 is 0 Å². The number of carboxylic acids is 1. The molecule has 0 atom stereocenters. The maximum atomic E-state index is 10.2. The number of hydrogen-bond donors (Lipinski definition) is 1. The molecule has 0 heterocycles. The molecule has 54 valence electrons. The molecule has 11 heavy (non-hydrogen) atoms. The Balaban J connectivity index is 0.000000461. The molecule has 0 radical (unpaired) electrons. The number of halogens is 1. The molecule has 1 aromatic carbocycles. The predicted molar refractivity (Wildman–Crippen MR) is 46.3 cm³/mol. The van der Waals surface area contributed by atoms with Crippen molar-refractivity contribution in [3.05, 3.63) is 35.9 Å². The molecule has 4 heteroatoms. The first-order valence-electron chi connectivity index (χ1n) is 2.77. The van der Waals surface area contributed by atoms with Crippen LogP contribution >= 0.6 is 19.8 Å². The standard InChI is InChI=1S/C7H5O2.HI.Zn/c8-7(9)6-4-2-1-3-5-6;;/h1-2,4-5H,(H,8,9);1H;/q-1;;+2/p-1. The van der Waals surface area contributed by atoms with E-state index in [1.807, 2.05) is 0 Å². The average molecular weight is 313 g/mol. The van der Waals surface area contributed by atoms with Crippen molar-refractivity contribution in [1.29, 1.82) is 0 Å². The van der Waals surface area contributed by atoms with E-state index in [0.717, 1.165) is 0 Å². The van der Waals surface area contributed by atoms with Crippen LogP contribution in [0.2, 0.25) is 0 Å². The summed E-state index contributed by atoms with van der Waals surface area (Å²) in [6.07, 6.45) is 0. The molecule has 0 unspecified atom stereocenters. The Morgan fingerprint density at radius 2 is 2.27 bits per heavy atom. The van der Waals surface area contributed by atoms with Crippen LogP contribution in [0.4, 0.5) is 0 Å². The van der Waals surface area contributed by atoms with Crippen molar-refractivity contribution in [2.24, 2.45) is 0 Å². The van der Waals surface area contributed by atoms with Gasteiger partial charge in [0.2, 0.25) is 0 Å². The Labute approximate surface area is 85.9 Å². The van der Waals surface area contributed by atoms with Crippen molar-refractivity contribution in [2.75, 3.05) is 0 Å². The van der Waals surface area contributed by atoms with Crippen LogP contribution in [-0.4, -0.2) is 11.1 Å². The molecule has 0 amide bonds. The number of aromatic carboxylic acids is 1. The van der Waals surface area contributed by atoms with E-state index in [9.17, 15) is 4.79 Å². The minimum absolute atomic E-state index is 0.275. The van der Waals surface area contributed by atoms with Crippen molar-refractivity contribution in [3.63, 3.8) is 0 Å². The third-order valence-electron chi connectivity index (χ3n) is 0.954. The van der Waals surface area contributed by atoms with Crippen molar-refractivity contribution < 1.29 is 24.7 Å². The fourth-order valence-corrected chi connectivity index (χ4v) is 0.526. The van der Waals surface area contributed by atoms with Crippen molar-refractivity contribution >= 4 is 25.7 Å². The molecule has 2 nitrogen and oxygen atoms in total. The van der Waals surface area contributed by atoms with E-state index in [-0.39, 0.29) is 5.56 Å². The number of carbonyl (C=O) groups is 1. The first kappa shape index (κ1) is 11.0. The number of hydrogen-bond acceptors (Lipinski definition) is 1. The summed E-state index contributed by atoms with van der Waals surface area (Å²) in [6, 6.07) is 8.92. The average Bonchev–Trinajstić information content (AvgIpc) is 2.10. The molecule has 1 rings (SSSR count). The second kappa shape index (κ2) is 6.73. The number of carboxylic acid groups (broad SMARTS) is 1. The minimum atomic E-state index is -0.910. The molecule has 0 aliphatic rings.